The molecule has 3 aromatic rings. The van der Waals surface area contributed by atoms with Crippen LogP contribution >= 0.6 is 0 Å². The lowest BCUT2D eigenvalue weighted by Gasteiger charge is -2.25. The summed E-state index contributed by atoms with van der Waals surface area (Å²) in [6.45, 7) is 1.48. The van der Waals surface area contributed by atoms with E-state index < -0.39 is 22.5 Å². The molecule has 0 spiro atoms. The van der Waals surface area contributed by atoms with Crippen molar-refractivity contribution in [3.05, 3.63) is 83.9 Å². The Balaban J connectivity index is 1.87. The van der Waals surface area contributed by atoms with Crippen LogP contribution in [0.15, 0.2) is 82.8 Å². The van der Waals surface area contributed by atoms with E-state index in [0.717, 1.165) is 9.87 Å². The third-order valence-electron chi connectivity index (χ3n) is 5.09. The zero-order valence-electron chi connectivity index (χ0n) is 19.3. The number of ether oxygens (including phenoxy) is 2. The van der Waals surface area contributed by atoms with Crippen molar-refractivity contribution in [1.29, 1.82) is 0 Å². The monoisotopic (exact) mass is 481 g/mol. The lowest BCUT2D eigenvalue weighted by molar-refractivity contribution is -0.119. The standard InChI is InChI=1S/C25H27N3O5S/c1-4-19-10-8-9-13-23(19)28(34(30,31)22-11-6-5-7-12-22)18-25(29)27-26-17-20-16-21(32-2)14-15-24(20)33-3/h5-17H,4,18H2,1-3H3,(H,27,29)/b26-17-. The third-order valence-corrected chi connectivity index (χ3v) is 6.86. The summed E-state index contributed by atoms with van der Waals surface area (Å²) in [4.78, 5) is 12.9. The van der Waals surface area contributed by atoms with Gasteiger partial charge in [-0.25, -0.2) is 13.8 Å². The number of rotatable bonds is 10. The maximum Gasteiger partial charge on any atom is 0.264 e. The van der Waals surface area contributed by atoms with Gasteiger partial charge in [0.05, 0.1) is 31.0 Å². The van der Waals surface area contributed by atoms with Crippen LogP contribution in [0.5, 0.6) is 11.5 Å². The molecule has 0 aliphatic rings. The van der Waals surface area contributed by atoms with Crippen molar-refractivity contribution in [1.82, 2.24) is 5.43 Å². The number of methoxy groups -OCH3 is 2. The summed E-state index contributed by atoms with van der Waals surface area (Å²) < 4.78 is 38.5. The van der Waals surface area contributed by atoms with Crippen molar-refractivity contribution in [2.75, 3.05) is 25.1 Å². The second kappa shape index (κ2) is 11.3. The number of carbonyl (C=O) groups excluding carboxylic acids is 1. The Morgan fingerprint density at radius 2 is 1.71 bits per heavy atom. The maximum absolute atomic E-state index is 13.5. The van der Waals surface area contributed by atoms with Crippen LogP contribution in [-0.2, 0) is 21.2 Å². The number of para-hydroxylation sites is 1. The van der Waals surface area contributed by atoms with Gasteiger partial charge in [0.25, 0.3) is 15.9 Å². The summed E-state index contributed by atoms with van der Waals surface area (Å²) >= 11 is 0. The first-order valence-electron chi connectivity index (χ1n) is 10.6. The predicted octanol–water partition coefficient (Wildman–Crippen LogP) is 3.61. The number of nitrogens with one attached hydrogen (secondary N) is 1. The molecule has 0 radical (unpaired) electrons. The molecule has 8 nitrogen and oxygen atoms in total. The largest absolute Gasteiger partial charge is 0.497 e. The van der Waals surface area contributed by atoms with Crippen LogP contribution in [0.25, 0.3) is 0 Å². The molecule has 1 amide bonds. The van der Waals surface area contributed by atoms with E-state index in [2.05, 4.69) is 10.5 Å². The van der Waals surface area contributed by atoms with Crippen molar-refractivity contribution in [2.45, 2.75) is 18.2 Å². The number of sulfonamides is 1. The summed E-state index contributed by atoms with van der Waals surface area (Å²) in [5, 5.41) is 3.99. The summed E-state index contributed by atoms with van der Waals surface area (Å²) in [5.74, 6) is 0.553. The highest BCUT2D eigenvalue weighted by Gasteiger charge is 2.28. The van der Waals surface area contributed by atoms with Crippen LogP contribution in [0.2, 0.25) is 0 Å². The van der Waals surface area contributed by atoms with Gasteiger partial charge in [0, 0.05) is 5.56 Å². The van der Waals surface area contributed by atoms with Gasteiger partial charge < -0.3 is 9.47 Å². The fourth-order valence-corrected chi connectivity index (χ4v) is 4.83. The Labute approximate surface area is 199 Å². The number of hydrazone groups is 1. The first-order valence-corrected chi connectivity index (χ1v) is 12.0. The Hall–Kier alpha value is -3.85. The molecule has 0 atom stereocenters. The van der Waals surface area contributed by atoms with Gasteiger partial charge in [-0.15, -0.1) is 0 Å². The van der Waals surface area contributed by atoms with Crippen LogP contribution in [0.4, 0.5) is 5.69 Å². The van der Waals surface area contributed by atoms with Crippen molar-refractivity contribution >= 4 is 27.8 Å². The van der Waals surface area contributed by atoms with Gasteiger partial charge in [0.1, 0.15) is 18.0 Å². The summed E-state index contributed by atoms with van der Waals surface area (Å²) in [5.41, 5.74) is 4.25. The first kappa shape index (κ1) is 24.8. The van der Waals surface area contributed by atoms with Crippen LogP contribution in [-0.4, -0.2) is 41.3 Å². The zero-order valence-corrected chi connectivity index (χ0v) is 20.1. The summed E-state index contributed by atoms with van der Waals surface area (Å²) in [6.07, 6.45) is 2.02. The van der Waals surface area contributed by atoms with E-state index in [1.54, 1.807) is 55.6 Å². The number of hydrogen-bond donors (Lipinski definition) is 1. The molecular weight excluding hydrogens is 454 g/mol. The average Bonchev–Trinajstić information content (AvgIpc) is 2.87. The molecule has 9 heteroatoms. The third kappa shape index (κ3) is 5.74. The van der Waals surface area contributed by atoms with Gasteiger partial charge in [-0.2, -0.15) is 5.10 Å². The molecule has 0 saturated carbocycles. The molecule has 0 aromatic heterocycles. The number of aryl methyl sites for hydroxylation is 1. The van der Waals surface area contributed by atoms with E-state index in [9.17, 15) is 13.2 Å². The van der Waals surface area contributed by atoms with Crippen molar-refractivity contribution in [2.24, 2.45) is 5.10 Å². The fraction of sp³-hybridized carbons (Fsp3) is 0.200. The van der Waals surface area contributed by atoms with Gasteiger partial charge in [-0.3, -0.25) is 9.10 Å². The molecular formula is C25H27N3O5S. The van der Waals surface area contributed by atoms with E-state index in [0.29, 0.717) is 29.2 Å². The smallest absolute Gasteiger partial charge is 0.264 e. The summed E-state index contributed by atoms with van der Waals surface area (Å²) in [6, 6.07) is 20.3. The van der Waals surface area contributed by atoms with E-state index >= 15 is 0 Å². The van der Waals surface area contributed by atoms with E-state index in [4.69, 9.17) is 9.47 Å². The number of hydrogen-bond acceptors (Lipinski definition) is 6. The Bertz CT molecular complexity index is 1260. The normalized spacial score (nSPS) is 11.3. The molecule has 0 fully saturated rings. The number of nitrogens with zero attached hydrogens (tertiary/aromatic N) is 2. The van der Waals surface area contributed by atoms with Gasteiger partial charge >= 0.3 is 0 Å². The van der Waals surface area contributed by atoms with Crippen molar-refractivity contribution in [3.8, 4) is 11.5 Å². The molecule has 0 heterocycles. The topological polar surface area (TPSA) is 97.3 Å². The minimum atomic E-state index is -3.99. The lowest BCUT2D eigenvalue weighted by atomic mass is 10.1. The fourth-order valence-electron chi connectivity index (χ4n) is 3.35. The van der Waals surface area contributed by atoms with E-state index in [1.807, 2.05) is 19.1 Å². The Kier molecular flexibility index (Phi) is 8.26. The molecule has 178 valence electrons. The quantitative estimate of drug-likeness (QED) is 0.352. The van der Waals surface area contributed by atoms with Crippen LogP contribution in [0.3, 0.4) is 0 Å². The summed E-state index contributed by atoms with van der Waals surface area (Å²) in [7, 11) is -0.929. The average molecular weight is 482 g/mol. The number of carbonyl (C=O) groups is 1. The van der Waals surface area contributed by atoms with Crippen LogP contribution in [0.1, 0.15) is 18.1 Å². The van der Waals surface area contributed by atoms with Crippen molar-refractivity contribution in [3.63, 3.8) is 0 Å². The van der Waals surface area contributed by atoms with Gasteiger partial charge in [0.15, 0.2) is 0 Å². The van der Waals surface area contributed by atoms with Gasteiger partial charge in [-0.1, -0.05) is 43.3 Å². The Morgan fingerprint density at radius 3 is 2.38 bits per heavy atom. The van der Waals surface area contributed by atoms with Gasteiger partial charge in [0.2, 0.25) is 0 Å². The maximum atomic E-state index is 13.5. The number of amides is 1. The zero-order chi connectivity index (χ0) is 24.6. The van der Waals surface area contributed by atoms with Crippen LogP contribution in [0, 0.1) is 0 Å². The second-order valence-electron chi connectivity index (χ2n) is 7.21. The van der Waals surface area contributed by atoms with Crippen molar-refractivity contribution < 1.29 is 22.7 Å². The highest BCUT2D eigenvalue weighted by atomic mass is 32.2. The van der Waals surface area contributed by atoms with E-state index in [-0.39, 0.29) is 4.90 Å². The second-order valence-corrected chi connectivity index (χ2v) is 9.07. The molecule has 3 rings (SSSR count). The molecule has 0 aliphatic carbocycles. The lowest BCUT2D eigenvalue weighted by Crippen LogP contribution is -2.40. The predicted molar refractivity (Wildman–Crippen MR) is 132 cm³/mol. The molecule has 1 N–H and O–H groups in total. The number of anilines is 1. The molecule has 0 aliphatic heterocycles. The van der Waals surface area contributed by atoms with E-state index in [1.165, 1.54) is 25.5 Å². The SMILES string of the molecule is CCc1ccccc1N(CC(=O)N/N=C\c1cc(OC)ccc1OC)S(=O)(=O)c1ccccc1. The minimum absolute atomic E-state index is 0.0957. The molecule has 0 bridgehead atoms. The van der Waals surface area contributed by atoms with Crippen LogP contribution < -0.4 is 19.2 Å². The number of benzene rings is 3. The van der Waals surface area contributed by atoms with Gasteiger partial charge in [-0.05, 0) is 48.4 Å². The minimum Gasteiger partial charge on any atom is -0.497 e. The highest BCUT2D eigenvalue weighted by Crippen LogP contribution is 2.27. The first-order chi connectivity index (χ1) is 16.4. The molecule has 0 saturated heterocycles. The molecule has 34 heavy (non-hydrogen) atoms. The highest BCUT2D eigenvalue weighted by molar-refractivity contribution is 7.92. The molecule has 3 aromatic carbocycles. The Morgan fingerprint density at radius 1 is 1.00 bits per heavy atom. The molecule has 0 unspecified atom stereocenters.